The Morgan fingerprint density at radius 2 is 1.70 bits per heavy atom. The summed E-state index contributed by atoms with van der Waals surface area (Å²) in [6.07, 6.45) is 4.80. The van der Waals surface area contributed by atoms with E-state index in [0.717, 1.165) is 11.4 Å². The maximum absolute atomic E-state index is 13.1. The van der Waals surface area contributed by atoms with E-state index in [1.54, 1.807) is 23.5 Å². The van der Waals surface area contributed by atoms with Crippen LogP contribution in [-0.2, 0) is 6.54 Å². The highest BCUT2D eigenvalue weighted by molar-refractivity contribution is 5.94. The topological polar surface area (TPSA) is 89.7 Å². The molecule has 8 heteroatoms. The number of amides is 1. The van der Waals surface area contributed by atoms with E-state index in [1.807, 2.05) is 60.1 Å². The zero-order chi connectivity index (χ0) is 20.5. The summed E-state index contributed by atoms with van der Waals surface area (Å²) < 4.78 is 1.89. The van der Waals surface area contributed by atoms with Gasteiger partial charge in [0.15, 0.2) is 11.6 Å². The smallest absolute Gasteiger partial charge is 0.257 e. The Labute approximate surface area is 173 Å². The van der Waals surface area contributed by atoms with Crippen LogP contribution in [0.15, 0.2) is 67.1 Å². The molecule has 0 saturated carbocycles. The number of carbonyl (C=O) groups is 1. The fourth-order valence-electron chi connectivity index (χ4n) is 3.58. The number of hydrogen-bond acceptors (Lipinski definition) is 6. The molecule has 1 aliphatic heterocycles. The summed E-state index contributed by atoms with van der Waals surface area (Å²) >= 11 is 0. The molecule has 0 saturated heterocycles. The summed E-state index contributed by atoms with van der Waals surface area (Å²) in [5.41, 5.74) is 2.07. The SMILES string of the molecule is C[C@H]1c2nc(-c3ccccc3)nn2CCN1C(=O)c1cnc(-c2ccccn2)nc1. The van der Waals surface area contributed by atoms with Crippen molar-refractivity contribution >= 4 is 5.91 Å². The highest BCUT2D eigenvalue weighted by Gasteiger charge is 2.31. The summed E-state index contributed by atoms with van der Waals surface area (Å²) in [5.74, 6) is 1.82. The van der Waals surface area contributed by atoms with Crippen LogP contribution in [0.25, 0.3) is 22.9 Å². The lowest BCUT2D eigenvalue weighted by Gasteiger charge is -2.32. The van der Waals surface area contributed by atoms with Gasteiger partial charge in [0.1, 0.15) is 11.5 Å². The van der Waals surface area contributed by atoms with Gasteiger partial charge in [0.25, 0.3) is 5.91 Å². The van der Waals surface area contributed by atoms with Gasteiger partial charge in [-0.15, -0.1) is 0 Å². The van der Waals surface area contributed by atoms with Crippen LogP contribution in [0.2, 0.25) is 0 Å². The van der Waals surface area contributed by atoms with Gasteiger partial charge in [0.05, 0.1) is 18.2 Å². The first-order chi connectivity index (χ1) is 14.7. The van der Waals surface area contributed by atoms with Crippen molar-refractivity contribution in [2.45, 2.75) is 19.5 Å². The first kappa shape index (κ1) is 18.1. The predicted molar refractivity (Wildman–Crippen MR) is 110 cm³/mol. The van der Waals surface area contributed by atoms with Crippen LogP contribution in [0.4, 0.5) is 0 Å². The molecule has 1 aliphatic rings. The van der Waals surface area contributed by atoms with Gasteiger partial charge in [-0.1, -0.05) is 36.4 Å². The molecule has 0 unspecified atom stereocenters. The largest absolute Gasteiger partial charge is 0.327 e. The van der Waals surface area contributed by atoms with Crippen molar-refractivity contribution < 1.29 is 4.79 Å². The predicted octanol–water partition coefficient (Wildman–Crippen LogP) is 3.01. The molecule has 0 fully saturated rings. The molecule has 4 aromatic rings. The molecule has 5 rings (SSSR count). The van der Waals surface area contributed by atoms with E-state index >= 15 is 0 Å². The molecule has 1 amide bonds. The molecule has 1 aromatic carbocycles. The van der Waals surface area contributed by atoms with Crippen molar-refractivity contribution in [2.24, 2.45) is 0 Å². The van der Waals surface area contributed by atoms with Gasteiger partial charge in [-0.2, -0.15) is 5.10 Å². The molecule has 8 nitrogen and oxygen atoms in total. The van der Waals surface area contributed by atoms with Crippen LogP contribution >= 0.6 is 0 Å². The van der Waals surface area contributed by atoms with Gasteiger partial charge in [-0.3, -0.25) is 9.78 Å². The maximum Gasteiger partial charge on any atom is 0.257 e. The van der Waals surface area contributed by atoms with Gasteiger partial charge >= 0.3 is 0 Å². The quantitative estimate of drug-likeness (QED) is 0.528. The normalized spacial score (nSPS) is 15.6. The number of fused-ring (bicyclic) bond motifs is 1. The first-order valence-electron chi connectivity index (χ1n) is 9.75. The fourth-order valence-corrected chi connectivity index (χ4v) is 3.58. The van der Waals surface area contributed by atoms with Crippen molar-refractivity contribution in [2.75, 3.05) is 6.54 Å². The van der Waals surface area contributed by atoms with Crippen LogP contribution in [-0.4, -0.2) is 47.1 Å². The second kappa shape index (κ2) is 7.47. The Bertz CT molecular complexity index is 1170. The van der Waals surface area contributed by atoms with Crippen molar-refractivity contribution in [3.05, 3.63) is 78.5 Å². The third kappa shape index (κ3) is 3.22. The Kier molecular flexibility index (Phi) is 4.51. The third-order valence-corrected chi connectivity index (χ3v) is 5.18. The number of rotatable bonds is 3. The van der Waals surface area contributed by atoms with Crippen LogP contribution < -0.4 is 0 Å². The highest BCUT2D eigenvalue weighted by Crippen LogP contribution is 2.27. The summed E-state index contributed by atoms with van der Waals surface area (Å²) in [6.45, 7) is 3.11. The summed E-state index contributed by atoms with van der Waals surface area (Å²) in [5, 5.41) is 4.62. The van der Waals surface area contributed by atoms with Crippen molar-refractivity contribution in [3.63, 3.8) is 0 Å². The summed E-state index contributed by atoms with van der Waals surface area (Å²) in [4.78, 5) is 32.5. The van der Waals surface area contributed by atoms with Crippen LogP contribution in [0, 0.1) is 0 Å². The standard InChI is InChI=1S/C22H19N7O/c1-15-21-26-19(16-7-3-2-4-8-16)27-29(21)12-11-28(15)22(30)17-13-24-20(25-14-17)18-9-5-6-10-23-18/h2-10,13-15H,11-12H2,1H3/t15-/m0/s1. The zero-order valence-corrected chi connectivity index (χ0v) is 16.4. The Morgan fingerprint density at radius 3 is 2.43 bits per heavy atom. The molecular formula is C22H19N7O. The van der Waals surface area contributed by atoms with Gasteiger partial charge in [0, 0.05) is 30.7 Å². The molecule has 3 aromatic heterocycles. The average Bonchev–Trinajstić information content (AvgIpc) is 3.26. The second-order valence-electron chi connectivity index (χ2n) is 7.07. The Hall–Kier alpha value is -3.94. The van der Waals surface area contributed by atoms with Gasteiger partial charge in [-0.25, -0.2) is 19.6 Å². The number of pyridine rings is 1. The number of nitrogens with zero attached hydrogens (tertiary/aromatic N) is 7. The van der Waals surface area contributed by atoms with E-state index < -0.39 is 0 Å². The Morgan fingerprint density at radius 1 is 0.933 bits per heavy atom. The first-order valence-corrected chi connectivity index (χ1v) is 9.75. The van der Waals surface area contributed by atoms with Gasteiger partial charge in [0.2, 0.25) is 0 Å². The summed E-state index contributed by atoms with van der Waals surface area (Å²) in [7, 11) is 0. The van der Waals surface area contributed by atoms with Crippen molar-refractivity contribution in [1.82, 2.24) is 34.6 Å². The zero-order valence-electron chi connectivity index (χ0n) is 16.4. The Balaban J connectivity index is 1.38. The number of carbonyl (C=O) groups excluding carboxylic acids is 1. The lowest BCUT2D eigenvalue weighted by atomic mass is 10.1. The van der Waals surface area contributed by atoms with E-state index in [9.17, 15) is 4.79 Å². The molecule has 0 aliphatic carbocycles. The van der Waals surface area contributed by atoms with E-state index in [0.29, 0.717) is 36.0 Å². The van der Waals surface area contributed by atoms with Crippen LogP contribution in [0.5, 0.6) is 0 Å². The van der Waals surface area contributed by atoms with E-state index in [1.165, 1.54) is 0 Å². The molecule has 0 bridgehead atoms. The minimum atomic E-state index is -0.202. The van der Waals surface area contributed by atoms with Crippen molar-refractivity contribution in [1.29, 1.82) is 0 Å². The molecule has 4 heterocycles. The molecule has 0 N–H and O–H groups in total. The lowest BCUT2D eigenvalue weighted by Crippen LogP contribution is -2.41. The second-order valence-corrected chi connectivity index (χ2v) is 7.07. The molecule has 1 atom stereocenters. The number of aromatic nitrogens is 6. The fraction of sp³-hybridized carbons (Fsp3) is 0.182. The van der Waals surface area contributed by atoms with E-state index in [-0.39, 0.29) is 11.9 Å². The molecule has 30 heavy (non-hydrogen) atoms. The average molecular weight is 397 g/mol. The monoisotopic (exact) mass is 397 g/mol. The molecular weight excluding hydrogens is 378 g/mol. The minimum absolute atomic E-state index is 0.120. The third-order valence-electron chi connectivity index (χ3n) is 5.18. The van der Waals surface area contributed by atoms with Gasteiger partial charge < -0.3 is 4.90 Å². The van der Waals surface area contributed by atoms with E-state index in [2.05, 4.69) is 20.1 Å². The number of hydrogen-bond donors (Lipinski definition) is 0. The van der Waals surface area contributed by atoms with Crippen molar-refractivity contribution in [3.8, 4) is 22.9 Å². The molecule has 148 valence electrons. The minimum Gasteiger partial charge on any atom is -0.327 e. The molecule has 0 radical (unpaired) electrons. The lowest BCUT2D eigenvalue weighted by molar-refractivity contribution is 0.0630. The highest BCUT2D eigenvalue weighted by atomic mass is 16.2. The molecule has 0 spiro atoms. The number of benzene rings is 1. The van der Waals surface area contributed by atoms with E-state index in [4.69, 9.17) is 4.98 Å². The summed E-state index contributed by atoms with van der Waals surface area (Å²) in [6, 6.07) is 15.2. The maximum atomic E-state index is 13.1. The van der Waals surface area contributed by atoms with Crippen LogP contribution in [0.3, 0.4) is 0 Å². The van der Waals surface area contributed by atoms with Crippen LogP contribution in [0.1, 0.15) is 29.1 Å². The van der Waals surface area contributed by atoms with Gasteiger partial charge in [-0.05, 0) is 19.1 Å².